The zero-order valence-electron chi connectivity index (χ0n) is 24.9. The van der Waals surface area contributed by atoms with Gasteiger partial charge >= 0.3 is 29.8 Å². The molecule has 1 heterocycles. The van der Waals surface area contributed by atoms with E-state index in [9.17, 15) is 24.0 Å². The molecule has 0 N–H and O–H groups in total. The van der Waals surface area contributed by atoms with Gasteiger partial charge in [0.2, 0.25) is 11.9 Å². The molecule has 0 spiro atoms. The number of cyclic esters (lactones) is 1. The average molecular weight is 569 g/mol. The SMILES string of the molecule is CC(=O)OC1=C(OC(C)=O)[C@@H]([C@H](COC(=O)CCCCCCCCCCCCCCC(C)C)OC(C)=O)OC1=O. The normalized spacial score (nSPS) is 15.6. The molecule has 0 radical (unpaired) electrons. The summed E-state index contributed by atoms with van der Waals surface area (Å²) in [7, 11) is 0. The van der Waals surface area contributed by atoms with Gasteiger partial charge in [-0.2, -0.15) is 0 Å². The van der Waals surface area contributed by atoms with Crippen molar-refractivity contribution in [2.45, 2.75) is 137 Å². The number of carbonyl (C=O) groups excluding carboxylic acids is 5. The van der Waals surface area contributed by atoms with E-state index in [1.807, 2.05) is 0 Å². The topological polar surface area (TPSA) is 132 Å². The third kappa shape index (κ3) is 15.6. The molecule has 1 aliphatic heterocycles. The summed E-state index contributed by atoms with van der Waals surface area (Å²) in [6.45, 7) is 7.38. The fourth-order valence-corrected chi connectivity index (χ4v) is 4.43. The Labute approximate surface area is 238 Å². The van der Waals surface area contributed by atoms with Crippen molar-refractivity contribution in [3.63, 3.8) is 0 Å². The lowest BCUT2D eigenvalue weighted by atomic mass is 10.0. The smallest absolute Gasteiger partial charge is 0.379 e. The molecule has 0 aromatic heterocycles. The number of esters is 5. The first-order chi connectivity index (χ1) is 19.0. The van der Waals surface area contributed by atoms with Crippen LogP contribution in [0.15, 0.2) is 11.5 Å². The molecule has 10 nitrogen and oxygen atoms in total. The molecule has 0 saturated carbocycles. The third-order valence-corrected chi connectivity index (χ3v) is 6.38. The van der Waals surface area contributed by atoms with E-state index < -0.39 is 60.2 Å². The molecule has 40 heavy (non-hydrogen) atoms. The minimum Gasteiger partial charge on any atom is -0.462 e. The summed E-state index contributed by atoms with van der Waals surface area (Å²) in [4.78, 5) is 59.1. The molecule has 0 fully saturated rings. The van der Waals surface area contributed by atoms with E-state index in [1.54, 1.807) is 0 Å². The van der Waals surface area contributed by atoms with Crippen LogP contribution >= 0.6 is 0 Å². The summed E-state index contributed by atoms with van der Waals surface area (Å²) < 4.78 is 25.4. The number of hydrogen-bond donors (Lipinski definition) is 0. The fourth-order valence-electron chi connectivity index (χ4n) is 4.43. The molecule has 0 aromatic carbocycles. The third-order valence-electron chi connectivity index (χ3n) is 6.38. The van der Waals surface area contributed by atoms with Gasteiger partial charge in [-0.05, 0) is 12.3 Å². The van der Waals surface area contributed by atoms with Gasteiger partial charge < -0.3 is 23.7 Å². The lowest BCUT2D eigenvalue weighted by Gasteiger charge is -2.23. The second-order valence-electron chi connectivity index (χ2n) is 10.7. The van der Waals surface area contributed by atoms with E-state index in [1.165, 1.54) is 57.8 Å². The van der Waals surface area contributed by atoms with Crippen LogP contribution in [0.2, 0.25) is 0 Å². The van der Waals surface area contributed by atoms with Gasteiger partial charge in [-0.1, -0.05) is 90.9 Å². The molecule has 0 saturated heterocycles. The first-order valence-electron chi connectivity index (χ1n) is 14.7. The second-order valence-corrected chi connectivity index (χ2v) is 10.7. The molecule has 1 aliphatic rings. The number of rotatable bonds is 21. The quantitative estimate of drug-likeness (QED) is 0.0944. The van der Waals surface area contributed by atoms with E-state index in [-0.39, 0.29) is 6.42 Å². The molecule has 0 bridgehead atoms. The van der Waals surface area contributed by atoms with Crippen molar-refractivity contribution in [2.75, 3.05) is 6.61 Å². The van der Waals surface area contributed by atoms with Crippen molar-refractivity contribution in [1.29, 1.82) is 0 Å². The van der Waals surface area contributed by atoms with E-state index in [0.717, 1.165) is 46.0 Å². The first kappa shape index (κ1) is 35.1. The maximum Gasteiger partial charge on any atom is 0.379 e. The minimum atomic E-state index is -1.42. The first-order valence-corrected chi connectivity index (χ1v) is 14.7. The maximum absolute atomic E-state index is 12.3. The highest BCUT2D eigenvalue weighted by molar-refractivity contribution is 5.93. The molecule has 0 aliphatic carbocycles. The van der Waals surface area contributed by atoms with Gasteiger partial charge in [0.15, 0.2) is 6.10 Å². The number of hydrogen-bond acceptors (Lipinski definition) is 10. The maximum atomic E-state index is 12.3. The molecule has 10 heteroatoms. The van der Waals surface area contributed by atoms with Crippen LogP contribution in [0, 0.1) is 5.92 Å². The van der Waals surface area contributed by atoms with Crippen molar-refractivity contribution in [1.82, 2.24) is 0 Å². The zero-order valence-corrected chi connectivity index (χ0v) is 24.9. The van der Waals surface area contributed by atoms with Gasteiger partial charge in [0.05, 0.1) is 0 Å². The molecule has 1 rings (SSSR count). The predicted molar refractivity (Wildman–Crippen MR) is 146 cm³/mol. The lowest BCUT2D eigenvalue weighted by molar-refractivity contribution is -0.171. The van der Waals surface area contributed by atoms with Crippen LogP contribution in [-0.4, -0.2) is 48.7 Å². The fraction of sp³-hybridized carbons (Fsp3) is 0.767. The second kappa shape index (κ2) is 20.0. The Bertz CT molecular complexity index is 861. The molecule has 2 atom stereocenters. The van der Waals surface area contributed by atoms with Crippen molar-refractivity contribution in [3.05, 3.63) is 11.5 Å². The van der Waals surface area contributed by atoms with Crippen LogP contribution in [0.3, 0.4) is 0 Å². The highest BCUT2D eigenvalue weighted by Crippen LogP contribution is 2.29. The van der Waals surface area contributed by atoms with Crippen molar-refractivity contribution in [3.8, 4) is 0 Å². The monoisotopic (exact) mass is 568 g/mol. The van der Waals surface area contributed by atoms with E-state index in [2.05, 4.69) is 13.8 Å². The van der Waals surface area contributed by atoms with Gasteiger partial charge in [-0.3, -0.25) is 19.2 Å². The largest absolute Gasteiger partial charge is 0.462 e. The van der Waals surface area contributed by atoms with Crippen molar-refractivity contribution >= 4 is 29.8 Å². The van der Waals surface area contributed by atoms with Gasteiger partial charge in [-0.25, -0.2) is 4.79 Å². The highest BCUT2D eigenvalue weighted by atomic mass is 16.7. The van der Waals surface area contributed by atoms with E-state index in [4.69, 9.17) is 23.7 Å². The summed E-state index contributed by atoms with van der Waals surface area (Å²) in [6, 6.07) is 0. The lowest BCUT2D eigenvalue weighted by Crippen LogP contribution is -2.38. The molecular formula is C30H48O10. The van der Waals surface area contributed by atoms with Crippen LogP contribution in [0.25, 0.3) is 0 Å². The zero-order chi connectivity index (χ0) is 29.9. The highest BCUT2D eigenvalue weighted by Gasteiger charge is 2.46. The van der Waals surface area contributed by atoms with Gasteiger partial charge in [-0.15, -0.1) is 0 Å². The molecule has 0 amide bonds. The summed E-state index contributed by atoms with van der Waals surface area (Å²) in [5, 5.41) is 0. The Morgan fingerprint density at radius 1 is 0.725 bits per heavy atom. The average Bonchev–Trinajstić information content (AvgIpc) is 3.15. The van der Waals surface area contributed by atoms with Crippen LogP contribution < -0.4 is 0 Å². The van der Waals surface area contributed by atoms with Crippen LogP contribution in [0.1, 0.15) is 125 Å². The van der Waals surface area contributed by atoms with E-state index in [0.29, 0.717) is 6.42 Å². The van der Waals surface area contributed by atoms with Crippen LogP contribution in [0.5, 0.6) is 0 Å². The summed E-state index contributed by atoms with van der Waals surface area (Å²) >= 11 is 0. The van der Waals surface area contributed by atoms with Gasteiger partial charge in [0.1, 0.15) is 6.61 Å². The molecule has 0 unspecified atom stereocenters. The Balaban J connectivity index is 2.34. The predicted octanol–water partition coefficient (Wildman–Crippen LogP) is 5.84. The van der Waals surface area contributed by atoms with Crippen molar-refractivity contribution in [2.24, 2.45) is 5.92 Å². The Kier molecular flexibility index (Phi) is 17.6. The molecule has 228 valence electrons. The van der Waals surface area contributed by atoms with E-state index >= 15 is 0 Å². The molecule has 0 aromatic rings. The minimum absolute atomic E-state index is 0.194. The Morgan fingerprint density at radius 2 is 1.23 bits per heavy atom. The number of carbonyl (C=O) groups is 5. The van der Waals surface area contributed by atoms with Gasteiger partial charge in [0, 0.05) is 27.2 Å². The summed E-state index contributed by atoms with van der Waals surface area (Å²) in [6.07, 6.45) is 13.0. The van der Waals surface area contributed by atoms with Crippen LogP contribution in [0.4, 0.5) is 0 Å². The Morgan fingerprint density at radius 3 is 1.70 bits per heavy atom. The summed E-state index contributed by atoms with van der Waals surface area (Å²) in [5.41, 5.74) is 0. The number of ether oxygens (including phenoxy) is 5. The molecular weight excluding hydrogens is 520 g/mol. The van der Waals surface area contributed by atoms with Gasteiger partial charge in [0.25, 0.3) is 5.76 Å². The number of unbranched alkanes of at least 4 members (excludes halogenated alkanes) is 11. The standard InChI is InChI=1S/C30H48O10/c1-21(2)18-16-14-12-10-8-6-7-9-11-13-15-17-19-26(34)36-20-25(37-22(3)31)27-28(38-23(4)32)29(30(35)40-27)39-24(5)33/h21,25,27H,6-20H2,1-5H3/t25-,27+/m0/s1. The van der Waals surface area contributed by atoms with Crippen LogP contribution in [-0.2, 0) is 47.7 Å². The van der Waals surface area contributed by atoms with Crippen molar-refractivity contribution < 1.29 is 47.7 Å². The Hall–Kier alpha value is -2.91. The summed E-state index contributed by atoms with van der Waals surface area (Å²) in [5.74, 6) is -4.18.